The molecule has 186 valence electrons. The van der Waals surface area contributed by atoms with E-state index in [1.807, 2.05) is 65.7 Å². The number of aromatic nitrogens is 2. The van der Waals surface area contributed by atoms with Gasteiger partial charge in [-0.1, -0.05) is 60.2 Å². The van der Waals surface area contributed by atoms with Gasteiger partial charge in [0.1, 0.15) is 0 Å². The molecule has 8 heteroatoms. The van der Waals surface area contributed by atoms with Crippen molar-refractivity contribution < 1.29 is 17.9 Å². The van der Waals surface area contributed by atoms with Crippen LogP contribution in [0.3, 0.4) is 0 Å². The third-order valence-corrected chi connectivity index (χ3v) is 7.38. The summed E-state index contributed by atoms with van der Waals surface area (Å²) >= 11 is 0. The normalized spacial score (nSPS) is 11.3. The van der Waals surface area contributed by atoms with E-state index in [4.69, 9.17) is 9.84 Å². The highest BCUT2D eigenvalue weighted by Gasteiger charge is 2.23. The van der Waals surface area contributed by atoms with Crippen molar-refractivity contribution in [1.29, 1.82) is 0 Å². The van der Waals surface area contributed by atoms with E-state index in [-0.39, 0.29) is 11.5 Å². The highest BCUT2D eigenvalue weighted by atomic mass is 32.2. The molecule has 0 aliphatic heterocycles. The lowest BCUT2D eigenvalue weighted by molar-refractivity contribution is 0.158. The molecule has 1 N–H and O–H groups in total. The van der Waals surface area contributed by atoms with Crippen molar-refractivity contribution in [3.05, 3.63) is 101 Å². The predicted octanol–water partition coefficient (Wildman–Crippen LogP) is 5.49. The molecule has 4 rings (SSSR count). The molecule has 0 saturated carbocycles. The van der Waals surface area contributed by atoms with Crippen LogP contribution in [0.25, 0.3) is 16.8 Å². The maximum atomic E-state index is 12.9. The molecule has 0 fully saturated rings. The Bertz CT molecular complexity index is 1490. The Kier molecular flexibility index (Phi) is 7.26. The molecule has 1 amide bonds. The fourth-order valence-electron chi connectivity index (χ4n) is 4.19. The van der Waals surface area contributed by atoms with Gasteiger partial charge in [0.15, 0.2) is 0 Å². The molecule has 0 radical (unpaired) electrons. The summed E-state index contributed by atoms with van der Waals surface area (Å²) in [6.07, 6.45) is -0.204. The molecular weight excluding hydrogens is 474 g/mol. The second-order valence-electron chi connectivity index (χ2n) is 8.60. The minimum Gasteiger partial charge on any atom is -0.449 e. The van der Waals surface area contributed by atoms with Gasteiger partial charge in [-0.25, -0.2) is 22.6 Å². The van der Waals surface area contributed by atoms with E-state index in [0.29, 0.717) is 11.1 Å². The van der Waals surface area contributed by atoms with Crippen LogP contribution in [0.15, 0.2) is 77.7 Å². The number of sulfonamides is 1. The molecule has 36 heavy (non-hydrogen) atoms. The minimum absolute atomic E-state index is 0.00478. The molecule has 1 heterocycles. The van der Waals surface area contributed by atoms with Crippen LogP contribution in [0.4, 0.5) is 4.79 Å². The van der Waals surface area contributed by atoms with Gasteiger partial charge >= 0.3 is 6.09 Å². The number of hydrogen-bond donors (Lipinski definition) is 1. The molecule has 1 aromatic heterocycles. The van der Waals surface area contributed by atoms with Gasteiger partial charge < -0.3 is 4.74 Å². The van der Waals surface area contributed by atoms with Crippen molar-refractivity contribution in [3.63, 3.8) is 0 Å². The van der Waals surface area contributed by atoms with Crippen LogP contribution in [0.5, 0.6) is 0 Å². The quantitative estimate of drug-likeness (QED) is 0.360. The fraction of sp³-hybridized carbons (Fsp3) is 0.214. The third kappa shape index (κ3) is 5.33. The van der Waals surface area contributed by atoms with Crippen molar-refractivity contribution in [3.8, 4) is 16.8 Å². The Morgan fingerprint density at radius 3 is 2.33 bits per heavy atom. The Labute approximate surface area is 211 Å². The van der Waals surface area contributed by atoms with Gasteiger partial charge in [-0.05, 0) is 57.0 Å². The largest absolute Gasteiger partial charge is 0.449 e. The van der Waals surface area contributed by atoms with Crippen LogP contribution in [-0.2, 0) is 21.2 Å². The second kappa shape index (κ2) is 10.4. The van der Waals surface area contributed by atoms with Gasteiger partial charge in [-0.2, -0.15) is 5.10 Å². The zero-order valence-electron chi connectivity index (χ0n) is 20.8. The number of rotatable bonds is 7. The van der Waals surface area contributed by atoms with Crippen molar-refractivity contribution in [1.82, 2.24) is 14.5 Å². The standard InChI is InChI=1S/C28H29N3O4S/c1-5-35-28(32)30-36(33,34)27-16-11-19(2)17-26(27)23-12-14-24(15-13-23)31-21(4)25(20(3)29-31)18-22-9-7-6-8-10-22/h6-17H,5,18H2,1-4H3,(H,30,32). The van der Waals surface area contributed by atoms with E-state index in [2.05, 4.69) is 19.1 Å². The van der Waals surface area contributed by atoms with E-state index in [9.17, 15) is 13.2 Å². The molecule has 0 unspecified atom stereocenters. The van der Waals surface area contributed by atoms with E-state index in [1.54, 1.807) is 19.1 Å². The van der Waals surface area contributed by atoms with Crippen LogP contribution in [0, 0.1) is 20.8 Å². The molecule has 3 aromatic carbocycles. The maximum Gasteiger partial charge on any atom is 0.421 e. The zero-order valence-corrected chi connectivity index (χ0v) is 21.6. The van der Waals surface area contributed by atoms with Gasteiger partial charge in [0.2, 0.25) is 0 Å². The van der Waals surface area contributed by atoms with Crippen LogP contribution < -0.4 is 4.72 Å². The highest BCUT2D eigenvalue weighted by Crippen LogP contribution is 2.30. The van der Waals surface area contributed by atoms with Gasteiger partial charge in [-0.3, -0.25) is 0 Å². The molecule has 0 bridgehead atoms. The SMILES string of the molecule is CCOC(=O)NS(=O)(=O)c1ccc(C)cc1-c1ccc(-n2nc(C)c(Cc3ccccc3)c2C)cc1. The van der Waals surface area contributed by atoms with E-state index < -0.39 is 16.1 Å². The van der Waals surface area contributed by atoms with Crippen molar-refractivity contribution >= 4 is 16.1 Å². The van der Waals surface area contributed by atoms with Gasteiger partial charge in [0, 0.05) is 23.2 Å². The minimum atomic E-state index is -4.12. The average Bonchev–Trinajstić information content (AvgIpc) is 3.12. The van der Waals surface area contributed by atoms with Crippen molar-refractivity contribution in [2.24, 2.45) is 0 Å². The van der Waals surface area contributed by atoms with Crippen molar-refractivity contribution in [2.75, 3.05) is 6.61 Å². The molecule has 7 nitrogen and oxygen atoms in total. The number of amides is 1. The Hall–Kier alpha value is -3.91. The van der Waals surface area contributed by atoms with E-state index in [0.717, 1.165) is 29.1 Å². The summed E-state index contributed by atoms with van der Waals surface area (Å²) in [6, 6.07) is 22.8. The molecule has 0 aliphatic rings. The number of benzene rings is 3. The smallest absolute Gasteiger partial charge is 0.421 e. The van der Waals surface area contributed by atoms with Crippen LogP contribution in [0.1, 0.15) is 35.0 Å². The second-order valence-corrected chi connectivity index (χ2v) is 10.2. The summed E-state index contributed by atoms with van der Waals surface area (Å²) in [4.78, 5) is 11.8. The number of carbonyl (C=O) groups is 1. The Morgan fingerprint density at radius 2 is 1.67 bits per heavy atom. The molecule has 0 saturated heterocycles. The van der Waals surface area contributed by atoms with Gasteiger partial charge in [-0.15, -0.1) is 0 Å². The number of nitrogens with zero attached hydrogens (tertiary/aromatic N) is 2. The maximum absolute atomic E-state index is 12.9. The first-order valence-electron chi connectivity index (χ1n) is 11.7. The number of hydrogen-bond acceptors (Lipinski definition) is 5. The van der Waals surface area contributed by atoms with Crippen LogP contribution >= 0.6 is 0 Å². The summed E-state index contributed by atoms with van der Waals surface area (Å²) in [6.45, 7) is 7.63. The Balaban J connectivity index is 1.67. The number of aryl methyl sites for hydroxylation is 2. The van der Waals surface area contributed by atoms with E-state index in [1.165, 1.54) is 17.2 Å². The summed E-state index contributed by atoms with van der Waals surface area (Å²) in [5, 5.41) is 4.76. The zero-order chi connectivity index (χ0) is 25.9. The highest BCUT2D eigenvalue weighted by molar-refractivity contribution is 7.90. The lowest BCUT2D eigenvalue weighted by Crippen LogP contribution is -2.31. The average molecular weight is 504 g/mol. The summed E-state index contributed by atoms with van der Waals surface area (Å²) in [5.74, 6) is 0. The molecule has 4 aromatic rings. The molecule has 0 aliphatic carbocycles. The summed E-state index contributed by atoms with van der Waals surface area (Å²) < 4.78 is 34.5. The summed E-state index contributed by atoms with van der Waals surface area (Å²) in [5.41, 5.74) is 7.41. The van der Waals surface area contributed by atoms with Crippen molar-refractivity contribution in [2.45, 2.75) is 39.0 Å². The lowest BCUT2D eigenvalue weighted by atomic mass is 10.0. The fourth-order valence-corrected chi connectivity index (χ4v) is 5.30. The Morgan fingerprint density at radius 1 is 0.972 bits per heavy atom. The monoisotopic (exact) mass is 503 g/mol. The first-order valence-corrected chi connectivity index (χ1v) is 13.2. The first-order chi connectivity index (χ1) is 17.2. The first kappa shape index (κ1) is 25.2. The topological polar surface area (TPSA) is 90.3 Å². The summed E-state index contributed by atoms with van der Waals surface area (Å²) in [7, 11) is -4.12. The van der Waals surface area contributed by atoms with Gasteiger partial charge in [0.05, 0.1) is 22.9 Å². The molecule has 0 atom stereocenters. The van der Waals surface area contributed by atoms with Crippen LogP contribution in [0.2, 0.25) is 0 Å². The third-order valence-electron chi connectivity index (χ3n) is 6.01. The van der Waals surface area contributed by atoms with Gasteiger partial charge in [0.25, 0.3) is 10.0 Å². The predicted molar refractivity (Wildman–Crippen MR) is 140 cm³/mol. The number of nitrogens with one attached hydrogen (secondary N) is 1. The number of carbonyl (C=O) groups excluding carboxylic acids is 1. The van der Waals surface area contributed by atoms with Crippen LogP contribution in [-0.4, -0.2) is 30.9 Å². The van der Waals surface area contributed by atoms with E-state index >= 15 is 0 Å². The number of ether oxygens (including phenoxy) is 1. The lowest BCUT2D eigenvalue weighted by Gasteiger charge is -2.13. The molecular formula is C28H29N3O4S. The molecule has 0 spiro atoms.